The van der Waals surface area contributed by atoms with Crippen molar-refractivity contribution in [3.8, 4) is 5.75 Å². The Morgan fingerprint density at radius 1 is 1.29 bits per heavy atom. The van der Waals surface area contributed by atoms with Gasteiger partial charge < -0.3 is 15.0 Å². The number of carbonyl (C=O) groups excluding carboxylic acids is 2. The van der Waals surface area contributed by atoms with Gasteiger partial charge in [0.15, 0.2) is 0 Å². The lowest BCUT2D eigenvalue weighted by Gasteiger charge is -2.15. The Bertz CT molecular complexity index is 806. The van der Waals surface area contributed by atoms with Crippen molar-refractivity contribution in [3.05, 3.63) is 34.8 Å². The Morgan fingerprint density at radius 2 is 2.07 bits per heavy atom. The minimum absolute atomic E-state index is 0.0612. The highest BCUT2D eigenvalue weighted by Gasteiger charge is 2.34. The van der Waals surface area contributed by atoms with E-state index in [-0.39, 0.29) is 24.2 Å². The fourth-order valence-electron chi connectivity index (χ4n) is 3.17. The van der Waals surface area contributed by atoms with E-state index in [0.29, 0.717) is 11.7 Å². The number of ether oxygens (including phenoxy) is 1. The first-order valence-electron chi connectivity index (χ1n) is 9.63. The molecule has 3 rings (SSSR count). The molecule has 1 aromatic heterocycles. The third-order valence-corrected chi connectivity index (χ3v) is 5.75. The van der Waals surface area contributed by atoms with E-state index in [1.807, 2.05) is 24.3 Å². The van der Waals surface area contributed by atoms with Gasteiger partial charge in [0.25, 0.3) is 0 Å². The predicted octanol–water partition coefficient (Wildman–Crippen LogP) is 2.92. The number of benzene rings is 1. The molecular weight excluding hydrogens is 376 g/mol. The van der Waals surface area contributed by atoms with Gasteiger partial charge >= 0.3 is 0 Å². The molecule has 8 heteroatoms. The SMILES string of the molecule is CCCCN1C[C@@H](C(=O)Nc2nnc(CCc3ccc(OC)cc3)s2)CC1=O. The lowest BCUT2D eigenvalue weighted by molar-refractivity contribution is -0.128. The van der Waals surface area contributed by atoms with Crippen LogP contribution in [0.25, 0.3) is 0 Å². The number of amides is 2. The molecule has 1 aliphatic heterocycles. The summed E-state index contributed by atoms with van der Waals surface area (Å²) in [5, 5.41) is 12.4. The van der Waals surface area contributed by atoms with Crippen LogP contribution in [0.15, 0.2) is 24.3 Å². The summed E-state index contributed by atoms with van der Waals surface area (Å²) < 4.78 is 5.16. The summed E-state index contributed by atoms with van der Waals surface area (Å²) in [5.74, 6) is 0.440. The van der Waals surface area contributed by atoms with E-state index in [9.17, 15) is 9.59 Å². The maximum absolute atomic E-state index is 12.5. The first-order valence-corrected chi connectivity index (χ1v) is 10.4. The molecule has 0 bridgehead atoms. The van der Waals surface area contributed by atoms with Gasteiger partial charge in [-0.1, -0.05) is 36.8 Å². The lowest BCUT2D eigenvalue weighted by Crippen LogP contribution is -2.29. The molecule has 1 fully saturated rings. The Balaban J connectivity index is 1.48. The summed E-state index contributed by atoms with van der Waals surface area (Å²) >= 11 is 1.38. The van der Waals surface area contributed by atoms with E-state index in [1.54, 1.807) is 12.0 Å². The molecule has 1 atom stereocenters. The van der Waals surface area contributed by atoms with Crippen molar-refractivity contribution in [1.82, 2.24) is 15.1 Å². The zero-order valence-electron chi connectivity index (χ0n) is 16.3. The normalized spacial score (nSPS) is 16.4. The smallest absolute Gasteiger partial charge is 0.231 e. The second-order valence-corrected chi connectivity index (χ2v) is 7.99. The molecule has 0 radical (unpaired) electrons. The molecular formula is C20H26N4O3S. The van der Waals surface area contributed by atoms with Crippen LogP contribution in [0.1, 0.15) is 36.8 Å². The van der Waals surface area contributed by atoms with Gasteiger partial charge in [0, 0.05) is 25.9 Å². The van der Waals surface area contributed by atoms with Crippen molar-refractivity contribution in [2.24, 2.45) is 5.92 Å². The Hall–Kier alpha value is -2.48. The number of likely N-dealkylation sites (tertiary alicyclic amines) is 1. The van der Waals surface area contributed by atoms with Crippen LogP contribution in [0.5, 0.6) is 5.75 Å². The molecule has 0 aliphatic carbocycles. The first-order chi connectivity index (χ1) is 13.6. The third kappa shape index (κ3) is 5.28. The van der Waals surface area contributed by atoms with E-state index >= 15 is 0 Å². The number of aromatic nitrogens is 2. The molecule has 2 aromatic rings. The molecule has 1 aliphatic rings. The Kier molecular flexibility index (Phi) is 6.97. The Labute approximate surface area is 169 Å². The average molecular weight is 403 g/mol. The van der Waals surface area contributed by atoms with E-state index in [0.717, 1.165) is 43.0 Å². The van der Waals surface area contributed by atoms with Crippen LogP contribution >= 0.6 is 11.3 Å². The molecule has 0 saturated carbocycles. The van der Waals surface area contributed by atoms with Crippen molar-refractivity contribution in [2.45, 2.75) is 39.0 Å². The van der Waals surface area contributed by atoms with Crippen LogP contribution in [0.3, 0.4) is 0 Å². The van der Waals surface area contributed by atoms with E-state index in [2.05, 4.69) is 22.4 Å². The van der Waals surface area contributed by atoms with Crippen LogP contribution in [-0.2, 0) is 22.4 Å². The van der Waals surface area contributed by atoms with Gasteiger partial charge in [-0.2, -0.15) is 0 Å². The number of unbranched alkanes of at least 4 members (excludes halogenated alkanes) is 1. The zero-order chi connectivity index (χ0) is 19.9. The van der Waals surface area contributed by atoms with Gasteiger partial charge in [-0.3, -0.25) is 9.59 Å². The van der Waals surface area contributed by atoms with Crippen molar-refractivity contribution < 1.29 is 14.3 Å². The quantitative estimate of drug-likeness (QED) is 0.697. The largest absolute Gasteiger partial charge is 0.497 e. The summed E-state index contributed by atoms with van der Waals surface area (Å²) in [6.45, 7) is 3.31. The highest BCUT2D eigenvalue weighted by atomic mass is 32.1. The van der Waals surface area contributed by atoms with Crippen molar-refractivity contribution in [2.75, 3.05) is 25.5 Å². The van der Waals surface area contributed by atoms with Gasteiger partial charge in [0.05, 0.1) is 13.0 Å². The standard InChI is InChI=1S/C20H26N4O3S/c1-3-4-11-24-13-15(12-18(24)25)19(26)21-20-23-22-17(28-20)10-7-14-5-8-16(27-2)9-6-14/h5-6,8-9,15H,3-4,7,10-13H2,1-2H3,(H,21,23,26)/t15-/m0/s1. The number of hydrogen-bond donors (Lipinski definition) is 1. The fraction of sp³-hybridized carbons (Fsp3) is 0.500. The number of nitrogens with zero attached hydrogens (tertiary/aromatic N) is 3. The highest BCUT2D eigenvalue weighted by molar-refractivity contribution is 7.15. The van der Waals surface area contributed by atoms with Gasteiger partial charge in [0.2, 0.25) is 16.9 Å². The first kappa shape index (κ1) is 20.3. The molecule has 1 aromatic carbocycles. The van der Waals surface area contributed by atoms with E-state index in [1.165, 1.54) is 16.9 Å². The number of rotatable bonds is 9. The van der Waals surface area contributed by atoms with E-state index in [4.69, 9.17) is 4.74 Å². The van der Waals surface area contributed by atoms with Crippen molar-refractivity contribution in [1.29, 1.82) is 0 Å². The van der Waals surface area contributed by atoms with Crippen LogP contribution in [0, 0.1) is 5.92 Å². The van der Waals surface area contributed by atoms with Crippen molar-refractivity contribution >= 4 is 28.3 Å². The van der Waals surface area contributed by atoms with Gasteiger partial charge in [-0.25, -0.2) is 0 Å². The Morgan fingerprint density at radius 3 is 2.79 bits per heavy atom. The maximum Gasteiger partial charge on any atom is 0.231 e. The molecule has 0 unspecified atom stereocenters. The molecule has 7 nitrogen and oxygen atoms in total. The van der Waals surface area contributed by atoms with Crippen LogP contribution in [0.2, 0.25) is 0 Å². The number of methoxy groups -OCH3 is 1. The highest BCUT2D eigenvalue weighted by Crippen LogP contribution is 2.23. The zero-order valence-corrected chi connectivity index (χ0v) is 17.1. The third-order valence-electron chi connectivity index (χ3n) is 4.85. The second-order valence-electron chi connectivity index (χ2n) is 6.93. The van der Waals surface area contributed by atoms with E-state index < -0.39 is 0 Å². The van der Waals surface area contributed by atoms with Gasteiger partial charge in [-0.05, 0) is 30.5 Å². The summed E-state index contributed by atoms with van der Waals surface area (Å²) in [6.07, 6.45) is 3.88. The molecule has 2 amide bonds. The molecule has 150 valence electrons. The molecule has 1 saturated heterocycles. The summed E-state index contributed by atoms with van der Waals surface area (Å²) in [7, 11) is 1.65. The van der Waals surface area contributed by atoms with Crippen LogP contribution in [0.4, 0.5) is 5.13 Å². The number of anilines is 1. The minimum atomic E-state index is -0.309. The summed E-state index contributed by atoms with van der Waals surface area (Å²) in [6, 6.07) is 7.94. The fourth-order valence-corrected chi connectivity index (χ4v) is 3.91. The molecule has 2 heterocycles. The maximum atomic E-state index is 12.5. The van der Waals surface area contributed by atoms with Gasteiger partial charge in [0.1, 0.15) is 10.8 Å². The monoisotopic (exact) mass is 402 g/mol. The number of nitrogens with one attached hydrogen (secondary N) is 1. The number of hydrogen-bond acceptors (Lipinski definition) is 6. The van der Waals surface area contributed by atoms with Gasteiger partial charge in [-0.15, -0.1) is 10.2 Å². The van der Waals surface area contributed by atoms with Crippen LogP contribution in [-0.4, -0.2) is 47.1 Å². The number of carbonyl (C=O) groups is 2. The minimum Gasteiger partial charge on any atom is -0.497 e. The number of aryl methyl sites for hydroxylation is 2. The topological polar surface area (TPSA) is 84.4 Å². The lowest BCUT2D eigenvalue weighted by atomic mass is 10.1. The molecule has 1 N–H and O–H groups in total. The van der Waals surface area contributed by atoms with Crippen molar-refractivity contribution in [3.63, 3.8) is 0 Å². The summed E-state index contributed by atoms with van der Waals surface area (Å²) in [5.41, 5.74) is 1.19. The predicted molar refractivity (Wildman–Crippen MR) is 109 cm³/mol. The second kappa shape index (κ2) is 9.64. The molecule has 28 heavy (non-hydrogen) atoms. The van der Waals surface area contributed by atoms with Crippen LogP contribution < -0.4 is 10.1 Å². The summed E-state index contributed by atoms with van der Waals surface area (Å²) in [4.78, 5) is 26.3. The molecule has 0 spiro atoms. The average Bonchev–Trinajstić information content (AvgIpc) is 3.31.